The molecule has 0 aromatic heterocycles. The van der Waals surface area contributed by atoms with Crippen LogP contribution in [0.4, 0.5) is 0 Å². The van der Waals surface area contributed by atoms with Crippen molar-refractivity contribution in [3.63, 3.8) is 0 Å². The lowest BCUT2D eigenvalue weighted by Gasteiger charge is -2.00. The van der Waals surface area contributed by atoms with Gasteiger partial charge >= 0.3 is 5.97 Å². The molecular weight excluding hydrogens is 274 g/mol. The molecule has 0 amide bonds. The van der Waals surface area contributed by atoms with E-state index in [2.05, 4.69) is 4.99 Å². The van der Waals surface area contributed by atoms with Gasteiger partial charge in [0, 0.05) is 23.3 Å². The van der Waals surface area contributed by atoms with E-state index in [0.717, 1.165) is 12.0 Å². The molecule has 0 spiro atoms. The minimum Gasteiger partial charge on any atom is -0.478 e. The van der Waals surface area contributed by atoms with Crippen LogP contribution in [0.25, 0.3) is 0 Å². The van der Waals surface area contributed by atoms with Crippen LogP contribution in [-0.4, -0.2) is 23.8 Å². The van der Waals surface area contributed by atoms with Crippen molar-refractivity contribution in [2.75, 3.05) is 6.54 Å². The summed E-state index contributed by atoms with van der Waals surface area (Å²) in [5.41, 5.74) is 2.04. The Morgan fingerprint density at radius 2 is 1.85 bits per heavy atom. The molecule has 0 unspecified atom stereocenters. The summed E-state index contributed by atoms with van der Waals surface area (Å²) < 4.78 is 0. The van der Waals surface area contributed by atoms with Gasteiger partial charge in [0.1, 0.15) is 0 Å². The summed E-state index contributed by atoms with van der Waals surface area (Å²) in [5, 5.41) is 9.77. The Morgan fingerprint density at radius 1 is 1.15 bits per heavy atom. The number of hydrogen-bond acceptors (Lipinski definition) is 2. The van der Waals surface area contributed by atoms with E-state index in [1.165, 1.54) is 0 Å². The fourth-order valence-electron chi connectivity index (χ4n) is 1.81. The van der Waals surface area contributed by atoms with Crippen LogP contribution < -0.4 is 0 Å². The second kappa shape index (κ2) is 6.87. The van der Waals surface area contributed by atoms with Gasteiger partial charge in [0.2, 0.25) is 0 Å². The quantitative estimate of drug-likeness (QED) is 0.853. The molecule has 3 nitrogen and oxygen atoms in total. The first-order valence-electron chi connectivity index (χ1n) is 6.23. The predicted molar refractivity (Wildman–Crippen MR) is 81.0 cm³/mol. The molecule has 0 heterocycles. The van der Waals surface area contributed by atoms with Crippen molar-refractivity contribution in [2.24, 2.45) is 4.99 Å². The summed E-state index contributed by atoms with van der Waals surface area (Å²) in [6.07, 6.45) is 2.41. The Hall–Kier alpha value is -2.13. The Balaban J connectivity index is 1.97. The number of benzene rings is 2. The zero-order chi connectivity index (χ0) is 14.4. The van der Waals surface area contributed by atoms with Gasteiger partial charge in [-0.1, -0.05) is 41.9 Å². The van der Waals surface area contributed by atoms with Crippen LogP contribution in [0.2, 0.25) is 5.02 Å². The minimum absolute atomic E-state index is 0.266. The fraction of sp³-hybridized carbons (Fsp3) is 0.125. The van der Waals surface area contributed by atoms with Crippen molar-refractivity contribution in [3.05, 3.63) is 70.2 Å². The van der Waals surface area contributed by atoms with Crippen molar-refractivity contribution in [1.82, 2.24) is 0 Å². The maximum absolute atomic E-state index is 11.0. The molecular formula is C16H14ClNO2. The molecule has 0 aliphatic rings. The van der Waals surface area contributed by atoms with Crippen LogP contribution in [0.5, 0.6) is 0 Å². The largest absolute Gasteiger partial charge is 0.478 e. The van der Waals surface area contributed by atoms with Gasteiger partial charge in [0.15, 0.2) is 0 Å². The highest BCUT2D eigenvalue weighted by Crippen LogP contribution is 2.10. The number of carbonyl (C=O) groups is 1. The van der Waals surface area contributed by atoms with Gasteiger partial charge in [-0.15, -0.1) is 0 Å². The maximum atomic E-state index is 11.0. The lowest BCUT2D eigenvalue weighted by Crippen LogP contribution is -2.01. The van der Waals surface area contributed by atoms with Gasteiger partial charge in [0.05, 0.1) is 5.56 Å². The average Bonchev–Trinajstić information content (AvgIpc) is 2.46. The number of nitrogens with zero attached hydrogens (tertiary/aromatic N) is 1. The highest BCUT2D eigenvalue weighted by atomic mass is 35.5. The molecule has 2 rings (SSSR count). The lowest BCUT2D eigenvalue weighted by molar-refractivity contribution is 0.0697. The van der Waals surface area contributed by atoms with Gasteiger partial charge < -0.3 is 5.11 Å². The van der Waals surface area contributed by atoms with Crippen LogP contribution in [0.15, 0.2) is 53.5 Å². The number of rotatable bonds is 5. The summed E-state index contributed by atoms with van der Waals surface area (Å²) in [4.78, 5) is 15.3. The molecule has 20 heavy (non-hydrogen) atoms. The van der Waals surface area contributed by atoms with Crippen LogP contribution in [0.3, 0.4) is 0 Å². The normalized spacial score (nSPS) is 10.8. The van der Waals surface area contributed by atoms with E-state index >= 15 is 0 Å². The van der Waals surface area contributed by atoms with E-state index in [1.54, 1.807) is 30.5 Å². The van der Waals surface area contributed by atoms with Crippen molar-refractivity contribution < 1.29 is 9.90 Å². The van der Waals surface area contributed by atoms with Crippen LogP contribution in [0.1, 0.15) is 21.5 Å². The number of carboxylic acid groups (broad SMARTS) is 1. The molecule has 0 fully saturated rings. The molecule has 0 radical (unpaired) electrons. The number of aromatic carboxylic acids is 1. The van der Waals surface area contributed by atoms with Crippen LogP contribution in [0, 0.1) is 0 Å². The van der Waals surface area contributed by atoms with E-state index in [0.29, 0.717) is 17.1 Å². The molecule has 0 bridgehead atoms. The van der Waals surface area contributed by atoms with E-state index in [-0.39, 0.29) is 5.56 Å². The van der Waals surface area contributed by atoms with Crippen molar-refractivity contribution in [3.8, 4) is 0 Å². The molecule has 0 saturated carbocycles. The van der Waals surface area contributed by atoms with E-state index in [9.17, 15) is 4.79 Å². The highest BCUT2D eigenvalue weighted by molar-refractivity contribution is 6.30. The third-order valence-corrected chi connectivity index (χ3v) is 3.12. The fourth-order valence-corrected chi connectivity index (χ4v) is 1.94. The molecule has 2 aromatic carbocycles. The second-order valence-corrected chi connectivity index (χ2v) is 4.74. The lowest BCUT2D eigenvalue weighted by atomic mass is 10.1. The smallest absolute Gasteiger partial charge is 0.336 e. The van der Waals surface area contributed by atoms with Gasteiger partial charge in [-0.2, -0.15) is 0 Å². The number of carboxylic acids is 1. The first kappa shape index (κ1) is 14.3. The third kappa shape index (κ3) is 3.93. The van der Waals surface area contributed by atoms with E-state index in [1.807, 2.05) is 24.3 Å². The van der Waals surface area contributed by atoms with E-state index in [4.69, 9.17) is 16.7 Å². The zero-order valence-electron chi connectivity index (χ0n) is 10.8. The summed E-state index contributed by atoms with van der Waals surface area (Å²) in [6, 6.07) is 14.4. The van der Waals surface area contributed by atoms with E-state index < -0.39 is 5.97 Å². The van der Waals surface area contributed by atoms with Crippen LogP contribution >= 0.6 is 11.6 Å². The van der Waals surface area contributed by atoms with Gasteiger partial charge in [0.25, 0.3) is 0 Å². The number of hydrogen-bond donors (Lipinski definition) is 1. The summed E-state index contributed by atoms with van der Waals surface area (Å²) in [5.74, 6) is -0.940. The molecule has 0 aliphatic heterocycles. The maximum Gasteiger partial charge on any atom is 0.336 e. The minimum atomic E-state index is -0.940. The van der Waals surface area contributed by atoms with Crippen molar-refractivity contribution >= 4 is 23.8 Å². The van der Waals surface area contributed by atoms with Gasteiger partial charge in [-0.05, 0) is 30.2 Å². The SMILES string of the molecule is O=C(O)c1ccccc1C=NCCc1ccc(Cl)cc1. The number of aliphatic imine (C=N–C) groups is 1. The Labute approximate surface area is 122 Å². The third-order valence-electron chi connectivity index (χ3n) is 2.86. The first-order valence-corrected chi connectivity index (χ1v) is 6.61. The zero-order valence-corrected chi connectivity index (χ0v) is 11.5. The molecule has 0 aliphatic carbocycles. The summed E-state index contributed by atoms with van der Waals surface area (Å²) >= 11 is 5.81. The molecule has 1 N–H and O–H groups in total. The van der Waals surface area contributed by atoms with Crippen LogP contribution in [-0.2, 0) is 6.42 Å². The van der Waals surface area contributed by atoms with Gasteiger partial charge in [-0.25, -0.2) is 4.79 Å². The van der Waals surface area contributed by atoms with Crippen molar-refractivity contribution in [1.29, 1.82) is 0 Å². The Bertz CT molecular complexity index is 621. The van der Waals surface area contributed by atoms with Gasteiger partial charge in [-0.3, -0.25) is 4.99 Å². The monoisotopic (exact) mass is 287 g/mol. The predicted octanol–water partition coefficient (Wildman–Crippen LogP) is 3.70. The molecule has 0 saturated heterocycles. The first-order chi connectivity index (χ1) is 9.66. The highest BCUT2D eigenvalue weighted by Gasteiger charge is 2.06. The Morgan fingerprint density at radius 3 is 2.55 bits per heavy atom. The molecule has 4 heteroatoms. The Kier molecular flexibility index (Phi) is 4.91. The topological polar surface area (TPSA) is 49.7 Å². The molecule has 0 atom stereocenters. The van der Waals surface area contributed by atoms with Crippen molar-refractivity contribution in [2.45, 2.75) is 6.42 Å². The standard InChI is InChI=1S/C16H14ClNO2/c17-14-7-5-12(6-8-14)9-10-18-11-13-3-1-2-4-15(13)16(19)20/h1-8,11H,9-10H2,(H,19,20). The second-order valence-electron chi connectivity index (χ2n) is 4.30. The molecule has 102 valence electrons. The molecule has 2 aromatic rings. The summed E-state index contributed by atoms with van der Waals surface area (Å²) in [6.45, 7) is 0.607. The average molecular weight is 288 g/mol. The summed E-state index contributed by atoms with van der Waals surface area (Å²) in [7, 11) is 0. The number of halogens is 1.